The Hall–Kier alpha value is -1.74. The van der Waals surface area contributed by atoms with Crippen LogP contribution in [-0.4, -0.2) is 16.5 Å². The van der Waals surface area contributed by atoms with Gasteiger partial charge in [0, 0.05) is 24.5 Å². The molecule has 1 aliphatic rings. The summed E-state index contributed by atoms with van der Waals surface area (Å²) < 4.78 is 0. The van der Waals surface area contributed by atoms with Crippen molar-refractivity contribution in [3.05, 3.63) is 48.5 Å². The maximum Gasteiger partial charge on any atom is 0.115 e. The Bertz CT molecular complexity index is 506. The molecule has 3 rings (SSSR count). The molecule has 0 aliphatic heterocycles. The highest BCUT2D eigenvalue weighted by molar-refractivity contribution is 5.65. The number of hydrogen-bond acceptors (Lipinski definition) is 3. The second-order valence-electron chi connectivity index (χ2n) is 4.76. The van der Waals surface area contributed by atoms with Gasteiger partial charge in [-0.1, -0.05) is 18.2 Å². The van der Waals surface area contributed by atoms with Gasteiger partial charge in [0.1, 0.15) is 6.33 Å². The third-order valence-electron chi connectivity index (χ3n) is 3.25. The van der Waals surface area contributed by atoms with Gasteiger partial charge >= 0.3 is 0 Å². The van der Waals surface area contributed by atoms with E-state index in [9.17, 15) is 0 Å². The van der Waals surface area contributed by atoms with Crippen molar-refractivity contribution < 1.29 is 0 Å². The second-order valence-corrected chi connectivity index (χ2v) is 4.76. The molecule has 1 aromatic heterocycles. The third-order valence-corrected chi connectivity index (χ3v) is 3.25. The topological polar surface area (TPSA) is 37.8 Å². The van der Waals surface area contributed by atoms with E-state index < -0.39 is 0 Å². The van der Waals surface area contributed by atoms with E-state index in [1.165, 1.54) is 24.0 Å². The van der Waals surface area contributed by atoms with Crippen molar-refractivity contribution in [1.29, 1.82) is 0 Å². The van der Waals surface area contributed by atoms with Gasteiger partial charge in [-0.05, 0) is 42.5 Å². The van der Waals surface area contributed by atoms with Gasteiger partial charge in [0.15, 0.2) is 0 Å². The maximum atomic E-state index is 4.08. The highest BCUT2D eigenvalue weighted by Gasteiger charge is 2.20. The van der Waals surface area contributed by atoms with Crippen LogP contribution in [0.1, 0.15) is 18.4 Å². The van der Waals surface area contributed by atoms with Gasteiger partial charge in [-0.2, -0.15) is 0 Å². The van der Waals surface area contributed by atoms with Crippen LogP contribution in [0.5, 0.6) is 0 Å². The van der Waals surface area contributed by atoms with E-state index in [1.807, 2.05) is 24.5 Å². The summed E-state index contributed by atoms with van der Waals surface area (Å²) in [7, 11) is 0. The van der Waals surface area contributed by atoms with Crippen LogP contribution in [0.25, 0.3) is 11.1 Å². The zero-order chi connectivity index (χ0) is 12.2. The van der Waals surface area contributed by atoms with Crippen molar-refractivity contribution in [3.63, 3.8) is 0 Å². The van der Waals surface area contributed by atoms with Gasteiger partial charge in [0.2, 0.25) is 0 Å². The molecule has 0 bridgehead atoms. The molecular weight excluding hydrogens is 222 g/mol. The van der Waals surface area contributed by atoms with E-state index in [2.05, 4.69) is 27.4 Å². The SMILES string of the molecule is [c]1cccc(-c2cncnc2)c1CNCC1CC1. The van der Waals surface area contributed by atoms with Crippen LogP contribution >= 0.6 is 0 Å². The number of nitrogens with one attached hydrogen (secondary N) is 1. The lowest BCUT2D eigenvalue weighted by atomic mass is 10.0. The summed E-state index contributed by atoms with van der Waals surface area (Å²) in [5, 5.41) is 3.50. The van der Waals surface area contributed by atoms with Crippen LogP contribution in [-0.2, 0) is 6.54 Å². The molecule has 2 aromatic rings. The predicted octanol–water partition coefficient (Wildman–Crippen LogP) is 2.44. The van der Waals surface area contributed by atoms with Crippen molar-refractivity contribution in [1.82, 2.24) is 15.3 Å². The molecule has 18 heavy (non-hydrogen) atoms. The molecule has 0 atom stereocenters. The molecule has 1 fully saturated rings. The first-order valence-electron chi connectivity index (χ1n) is 6.39. The summed E-state index contributed by atoms with van der Waals surface area (Å²) in [4.78, 5) is 8.15. The lowest BCUT2D eigenvalue weighted by Crippen LogP contribution is -2.16. The molecule has 1 saturated carbocycles. The Kier molecular flexibility index (Phi) is 3.33. The fourth-order valence-corrected chi connectivity index (χ4v) is 2.05. The predicted molar refractivity (Wildman–Crippen MR) is 70.7 cm³/mol. The summed E-state index contributed by atoms with van der Waals surface area (Å²) >= 11 is 0. The van der Waals surface area contributed by atoms with Crippen LogP contribution in [0.15, 0.2) is 36.9 Å². The number of benzene rings is 1. The maximum absolute atomic E-state index is 4.08. The van der Waals surface area contributed by atoms with E-state index in [4.69, 9.17) is 0 Å². The molecule has 0 spiro atoms. The molecule has 0 unspecified atom stereocenters. The molecule has 1 radical (unpaired) electrons. The molecule has 91 valence electrons. The molecule has 1 aromatic carbocycles. The van der Waals surface area contributed by atoms with E-state index in [1.54, 1.807) is 6.33 Å². The van der Waals surface area contributed by atoms with E-state index in [0.29, 0.717) is 0 Å². The summed E-state index contributed by atoms with van der Waals surface area (Å²) in [6.45, 7) is 1.98. The monoisotopic (exact) mass is 238 g/mol. The molecule has 0 amide bonds. The summed E-state index contributed by atoms with van der Waals surface area (Å²) in [6.07, 6.45) is 8.01. The largest absolute Gasteiger partial charge is 0.312 e. The first-order chi connectivity index (χ1) is 8.93. The van der Waals surface area contributed by atoms with E-state index in [-0.39, 0.29) is 0 Å². The van der Waals surface area contributed by atoms with Crippen molar-refractivity contribution in [2.45, 2.75) is 19.4 Å². The summed E-state index contributed by atoms with van der Waals surface area (Å²) in [6, 6.07) is 9.38. The van der Waals surface area contributed by atoms with Gasteiger partial charge in [0.25, 0.3) is 0 Å². The average Bonchev–Trinajstić information content (AvgIpc) is 3.25. The van der Waals surface area contributed by atoms with E-state index >= 15 is 0 Å². The smallest absolute Gasteiger partial charge is 0.115 e. The normalized spacial score (nSPS) is 14.7. The zero-order valence-corrected chi connectivity index (χ0v) is 10.3. The van der Waals surface area contributed by atoms with Crippen LogP contribution in [0.3, 0.4) is 0 Å². The standard InChI is InChI=1S/C15H16N3/c1-2-4-15(14-9-17-11-18-10-14)13(3-1)8-16-7-12-5-6-12/h1-2,4,9-12,16H,5-8H2. The van der Waals surface area contributed by atoms with Crippen LogP contribution < -0.4 is 5.32 Å². The van der Waals surface area contributed by atoms with Crippen molar-refractivity contribution in [3.8, 4) is 11.1 Å². The van der Waals surface area contributed by atoms with Crippen LogP contribution in [0, 0.1) is 12.0 Å². The highest BCUT2D eigenvalue weighted by Crippen LogP contribution is 2.28. The average molecular weight is 238 g/mol. The minimum atomic E-state index is 0.863. The lowest BCUT2D eigenvalue weighted by Gasteiger charge is -2.09. The van der Waals surface area contributed by atoms with Gasteiger partial charge in [-0.25, -0.2) is 9.97 Å². The van der Waals surface area contributed by atoms with Gasteiger partial charge in [-0.15, -0.1) is 0 Å². The molecule has 3 heteroatoms. The van der Waals surface area contributed by atoms with E-state index in [0.717, 1.165) is 24.6 Å². The Morgan fingerprint density at radius 1 is 1.28 bits per heavy atom. The zero-order valence-electron chi connectivity index (χ0n) is 10.3. The van der Waals surface area contributed by atoms with Crippen LogP contribution in [0.4, 0.5) is 0 Å². The van der Waals surface area contributed by atoms with Crippen molar-refractivity contribution >= 4 is 0 Å². The molecule has 3 nitrogen and oxygen atoms in total. The molecule has 1 aliphatic carbocycles. The molecule has 1 N–H and O–H groups in total. The molecule has 0 saturated heterocycles. The van der Waals surface area contributed by atoms with Gasteiger partial charge < -0.3 is 5.32 Å². The molecular formula is C15H16N3. The fourth-order valence-electron chi connectivity index (χ4n) is 2.05. The first kappa shape index (κ1) is 11.4. The Morgan fingerprint density at radius 2 is 2.11 bits per heavy atom. The molecule has 1 heterocycles. The second kappa shape index (κ2) is 5.27. The van der Waals surface area contributed by atoms with Gasteiger partial charge in [0.05, 0.1) is 0 Å². The summed E-state index contributed by atoms with van der Waals surface area (Å²) in [5.41, 5.74) is 3.41. The Labute approximate surface area is 107 Å². The third kappa shape index (κ3) is 2.74. The fraction of sp³-hybridized carbons (Fsp3) is 0.333. The van der Waals surface area contributed by atoms with Crippen LogP contribution in [0.2, 0.25) is 0 Å². The lowest BCUT2D eigenvalue weighted by molar-refractivity contribution is 0.639. The summed E-state index contributed by atoms with van der Waals surface area (Å²) in [5.74, 6) is 0.900. The quantitative estimate of drug-likeness (QED) is 0.869. The van der Waals surface area contributed by atoms with Gasteiger partial charge in [-0.3, -0.25) is 0 Å². The minimum Gasteiger partial charge on any atom is -0.312 e. The highest BCUT2D eigenvalue weighted by atomic mass is 14.9. The number of rotatable bonds is 5. The Balaban J connectivity index is 1.76. The Morgan fingerprint density at radius 3 is 2.89 bits per heavy atom. The minimum absolute atomic E-state index is 0.863. The van der Waals surface area contributed by atoms with Crippen molar-refractivity contribution in [2.75, 3.05) is 6.54 Å². The number of aromatic nitrogens is 2. The van der Waals surface area contributed by atoms with Crippen molar-refractivity contribution in [2.24, 2.45) is 5.92 Å². The number of hydrogen-bond donors (Lipinski definition) is 1. The first-order valence-corrected chi connectivity index (χ1v) is 6.39. The number of nitrogens with zero attached hydrogens (tertiary/aromatic N) is 2.